The number of fused-ring (bicyclic) bond motifs is 1. The van der Waals surface area contributed by atoms with E-state index >= 15 is 0 Å². The maximum absolute atomic E-state index is 3.20. The van der Waals surface area contributed by atoms with Gasteiger partial charge in [0.25, 0.3) is 0 Å². The number of aromatic nitrogens is 1. The number of rotatable bonds is 2. The van der Waals surface area contributed by atoms with E-state index in [-0.39, 0.29) is 0 Å². The fourth-order valence-corrected chi connectivity index (χ4v) is 1.97. The van der Waals surface area contributed by atoms with E-state index in [0.717, 1.165) is 6.54 Å². The molecule has 0 radical (unpaired) electrons. The maximum Gasteiger partial charge on any atom is 0.0525 e. The van der Waals surface area contributed by atoms with Crippen LogP contribution in [0.25, 0.3) is 10.9 Å². The van der Waals surface area contributed by atoms with Gasteiger partial charge in [-0.25, -0.2) is 0 Å². The standard InChI is InChI=1S/C12H16N2/c1-9-7-10-5-4-6-11(8-13-2)12(10)14(9)3/h4-7,13H,8H2,1-3H3. The average Bonchev–Trinajstić information content (AvgIpc) is 2.45. The summed E-state index contributed by atoms with van der Waals surface area (Å²) in [6.07, 6.45) is 0. The van der Waals surface area contributed by atoms with E-state index in [1.54, 1.807) is 0 Å². The van der Waals surface area contributed by atoms with Crippen LogP contribution >= 0.6 is 0 Å². The fourth-order valence-electron chi connectivity index (χ4n) is 1.97. The molecule has 14 heavy (non-hydrogen) atoms. The third-order valence-electron chi connectivity index (χ3n) is 2.75. The summed E-state index contributed by atoms with van der Waals surface area (Å²) in [7, 11) is 4.10. The van der Waals surface area contributed by atoms with Crippen molar-refractivity contribution in [1.82, 2.24) is 9.88 Å². The van der Waals surface area contributed by atoms with E-state index < -0.39 is 0 Å². The van der Waals surface area contributed by atoms with Gasteiger partial charge in [0.1, 0.15) is 0 Å². The van der Waals surface area contributed by atoms with Crippen molar-refractivity contribution in [3.8, 4) is 0 Å². The summed E-state index contributed by atoms with van der Waals surface area (Å²) in [6, 6.07) is 8.70. The molecule has 1 aromatic carbocycles. The summed E-state index contributed by atoms with van der Waals surface area (Å²) in [6.45, 7) is 3.07. The van der Waals surface area contributed by atoms with E-state index in [4.69, 9.17) is 0 Å². The zero-order chi connectivity index (χ0) is 10.1. The molecule has 2 heteroatoms. The number of para-hydroxylation sites is 1. The molecule has 0 aliphatic heterocycles. The van der Waals surface area contributed by atoms with Gasteiger partial charge in [-0.05, 0) is 25.6 Å². The Bertz CT molecular complexity index is 455. The Morgan fingerprint density at radius 1 is 1.36 bits per heavy atom. The van der Waals surface area contributed by atoms with Gasteiger partial charge in [-0.2, -0.15) is 0 Å². The SMILES string of the molecule is CNCc1cccc2cc(C)n(C)c12. The Balaban J connectivity index is 2.71. The zero-order valence-corrected chi connectivity index (χ0v) is 8.96. The Hall–Kier alpha value is -1.28. The lowest BCUT2D eigenvalue weighted by molar-refractivity contribution is 0.812. The van der Waals surface area contributed by atoms with Crippen LogP contribution < -0.4 is 5.32 Å². The summed E-state index contributed by atoms with van der Waals surface area (Å²) in [5, 5.41) is 4.53. The van der Waals surface area contributed by atoms with Crippen molar-refractivity contribution in [2.24, 2.45) is 7.05 Å². The zero-order valence-electron chi connectivity index (χ0n) is 8.96. The van der Waals surface area contributed by atoms with E-state index in [1.807, 2.05) is 7.05 Å². The van der Waals surface area contributed by atoms with E-state index in [1.165, 1.54) is 22.2 Å². The second-order valence-corrected chi connectivity index (χ2v) is 3.73. The predicted molar refractivity (Wildman–Crippen MR) is 60.4 cm³/mol. The lowest BCUT2D eigenvalue weighted by atomic mass is 10.1. The molecule has 0 bridgehead atoms. The highest BCUT2D eigenvalue weighted by molar-refractivity contribution is 5.84. The summed E-state index contributed by atoms with van der Waals surface area (Å²) < 4.78 is 2.25. The smallest absolute Gasteiger partial charge is 0.0525 e. The number of hydrogen-bond donors (Lipinski definition) is 1. The molecule has 0 amide bonds. The topological polar surface area (TPSA) is 17.0 Å². The van der Waals surface area contributed by atoms with Crippen LogP contribution in [0.3, 0.4) is 0 Å². The molecule has 2 aromatic rings. The summed E-state index contributed by atoms with van der Waals surface area (Å²) in [5.41, 5.74) is 4.02. The average molecular weight is 188 g/mol. The Kier molecular flexibility index (Phi) is 2.30. The van der Waals surface area contributed by atoms with E-state index in [0.29, 0.717) is 0 Å². The molecule has 0 saturated heterocycles. The Morgan fingerprint density at radius 2 is 2.14 bits per heavy atom. The lowest BCUT2D eigenvalue weighted by Crippen LogP contribution is -2.06. The van der Waals surface area contributed by atoms with Gasteiger partial charge < -0.3 is 9.88 Å². The van der Waals surface area contributed by atoms with Gasteiger partial charge >= 0.3 is 0 Å². The Labute approximate surface area is 84.5 Å². The van der Waals surface area contributed by atoms with Crippen molar-refractivity contribution in [2.75, 3.05) is 7.05 Å². The highest BCUT2D eigenvalue weighted by atomic mass is 14.9. The van der Waals surface area contributed by atoms with Crippen LogP contribution in [0.1, 0.15) is 11.3 Å². The van der Waals surface area contributed by atoms with Gasteiger partial charge in [0.05, 0.1) is 5.52 Å². The Morgan fingerprint density at radius 3 is 2.86 bits per heavy atom. The monoisotopic (exact) mass is 188 g/mol. The largest absolute Gasteiger partial charge is 0.348 e. The third kappa shape index (κ3) is 1.32. The molecular weight excluding hydrogens is 172 g/mol. The number of aryl methyl sites for hydroxylation is 2. The molecule has 1 N–H and O–H groups in total. The number of benzene rings is 1. The van der Waals surface area contributed by atoms with Gasteiger partial charge in [-0.3, -0.25) is 0 Å². The van der Waals surface area contributed by atoms with Crippen molar-refractivity contribution < 1.29 is 0 Å². The second kappa shape index (κ2) is 3.46. The molecule has 0 atom stereocenters. The van der Waals surface area contributed by atoms with Crippen molar-refractivity contribution in [3.63, 3.8) is 0 Å². The molecule has 0 saturated carbocycles. The molecule has 1 heterocycles. The molecule has 0 aliphatic rings. The molecule has 2 nitrogen and oxygen atoms in total. The van der Waals surface area contributed by atoms with Gasteiger partial charge in [0, 0.05) is 24.7 Å². The van der Waals surface area contributed by atoms with Crippen molar-refractivity contribution in [1.29, 1.82) is 0 Å². The number of hydrogen-bond acceptors (Lipinski definition) is 1. The molecule has 1 aromatic heterocycles. The molecular formula is C12H16N2. The van der Waals surface area contributed by atoms with Crippen molar-refractivity contribution in [3.05, 3.63) is 35.5 Å². The molecule has 2 rings (SSSR count). The number of nitrogens with one attached hydrogen (secondary N) is 1. The van der Waals surface area contributed by atoms with Crippen molar-refractivity contribution >= 4 is 10.9 Å². The van der Waals surface area contributed by atoms with Gasteiger partial charge in [-0.1, -0.05) is 18.2 Å². The molecule has 0 aliphatic carbocycles. The first-order valence-electron chi connectivity index (χ1n) is 4.92. The van der Waals surface area contributed by atoms with Crippen LogP contribution in [0.4, 0.5) is 0 Å². The number of nitrogens with zero attached hydrogens (tertiary/aromatic N) is 1. The molecule has 74 valence electrons. The summed E-state index contributed by atoms with van der Waals surface area (Å²) in [5.74, 6) is 0. The van der Waals surface area contributed by atoms with Crippen LogP contribution in [-0.2, 0) is 13.6 Å². The molecule has 0 spiro atoms. The minimum Gasteiger partial charge on any atom is -0.348 e. The summed E-state index contributed by atoms with van der Waals surface area (Å²) in [4.78, 5) is 0. The van der Waals surface area contributed by atoms with Crippen LogP contribution in [0.15, 0.2) is 24.3 Å². The first kappa shape index (κ1) is 9.28. The minimum absolute atomic E-state index is 0.925. The normalized spacial score (nSPS) is 11.1. The molecule has 0 fully saturated rings. The second-order valence-electron chi connectivity index (χ2n) is 3.73. The van der Waals surface area contributed by atoms with Crippen LogP contribution in [-0.4, -0.2) is 11.6 Å². The molecule has 0 unspecified atom stereocenters. The first-order valence-corrected chi connectivity index (χ1v) is 4.92. The van der Waals surface area contributed by atoms with Gasteiger partial charge in [0.15, 0.2) is 0 Å². The first-order chi connectivity index (χ1) is 6.74. The lowest BCUT2D eigenvalue weighted by Gasteiger charge is -2.06. The highest BCUT2D eigenvalue weighted by Crippen LogP contribution is 2.21. The third-order valence-corrected chi connectivity index (χ3v) is 2.75. The van der Waals surface area contributed by atoms with E-state index in [2.05, 4.69) is 48.1 Å². The predicted octanol–water partition coefficient (Wildman–Crippen LogP) is 2.21. The quantitative estimate of drug-likeness (QED) is 0.764. The highest BCUT2D eigenvalue weighted by Gasteiger charge is 2.05. The van der Waals surface area contributed by atoms with Crippen molar-refractivity contribution in [2.45, 2.75) is 13.5 Å². The van der Waals surface area contributed by atoms with Crippen LogP contribution in [0.2, 0.25) is 0 Å². The van der Waals surface area contributed by atoms with E-state index in [9.17, 15) is 0 Å². The minimum atomic E-state index is 0.925. The van der Waals surface area contributed by atoms with Crippen LogP contribution in [0.5, 0.6) is 0 Å². The summed E-state index contributed by atoms with van der Waals surface area (Å²) >= 11 is 0. The van der Waals surface area contributed by atoms with Crippen LogP contribution in [0, 0.1) is 6.92 Å². The van der Waals surface area contributed by atoms with Gasteiger partial charge in [-0.15, -0.1) is 0 Å². The fraction of sp³-hybridized carbons (Fsp3) is 0.333. The maximum atomic E-state index is 3.20. The van der Waals surface area contributed by atoms with Gasteiger partial charge in [0.2, 0.25) is 0 Å².